The number of carbonyl (C=O) groups is 1. The summed E-state index contributed by atoms with van der Waals surface area (Å²) in [4.78, 5) is 11.8. The molecule has 2 atom stereocenters. The maximum atomic E-state index is 13.0. The molecule has 0 unspecified atom stereocenters. The van der Waals surface area contributed by atoms with Crippen molar-refractivity contribution in [2.75, 3.05) is 13.1 Å². The Kier molecular flexibility index (Phi) is 4.65. The lowest BCUT2D eigenvalue weighted by molar-refractivity contribution is -0.119. The molecule has 0 radical (unpaired) electrons. The average molecular weight is 386 g/mol. The summed E-state index contributed by atoms with van der Waals surface area (Å²) in [6, 6.07) is 14.1. The standard InChI is InChI=1S/C20H22N2O4S/c1-14-4-2-3-5-19(14)26-16-6-8-17(9-7-16)27(24,25)22-11-10-15-12-20(23)21-18(15)13-22/h2-9,15,18H,10-13H2,1H3,(H,21,23)/t15-,18-/m1/s1. The van der Waals surface area contributed by atoms with Gasteiger partial charge in [0.1, 0.15) is 11.5 Å². The van der Waals surface area contributed by atoms with Crippen LogP contribution >= 0.6 is 0 Å². The Labute approximate surface area is 159 Å². The molecule has 6 nitrogen and oxygen atoms in total. The quantitative estimate of drug-likeness (QED) is 0.877. The van der Waals surface area contributed by atoms with Gasteiger partial charge in [-0.2, -0.15) is 4.31 Å². The third-order valence-electron chi connectivity index (χ3n) is 5.30. The number of nitrogens with one attached hydrogen (secondary N) is 1. The van der Waals surface area contributed by atoms with Gasteiger partial charge in [-0.15, -0.1) is 0 Å². The van der Waals surface area contributed by atoms with E-state index in [-0.39, 0.29) is 22.8 Å². The Balaban J connectivity index is 1.49. The van der Waals surface area contributed by atoms with Crippen molar-refractivity contribution in [1.82, 2.24) is 9.62 Å². The number of piperidine rings is 1. The molecule has 27 heavy (non-hydrogen) atoms. The lowest BCUT2D eigenvalue weighted by atomic mass is 9.94. The third kappa shape index (κ3) is 3.57. The first-order valence-electron chi connectivity index (χ1n) is 9.06. The van der Waals surface area contributed by atoms with Crippen LogP contribution in [0.25, 0.3) is 0 Å². The van der Waals surface area contributed by atoms with Crippen molar-refractivity contribution in [3.63, 3.8) is 0 Å². The minimum Gasteiger partial charge on any atom is -0.457 e. The van der Waals surface area contributed by atoms with Gasteiger partial charge in [0.25, 0.3) is 0 Å². The molecule has 0 saturated carbocycles. The molecule has 2 aliphatic heterocycles. The lowest BCUT2D eigenvalue weighted by Gasteiger charge is -2.33. The highest BCUT2D eigenvalue weighted by molar-refractivity contribution is 7.89. The number of hydrogen-bond acceptors (Lipinski definition) is 4. The number of aryl methyl sites for hydroxylation is 1. The van der Waals surface area contributed by atoms with Gasteiger partial charge >= 0.3 is 0 Å². The monoisotopic (exact) mass is 386 g/mol. The summed E-state index contributed by atoms with van der Waals surface area (Å²) in [5.74, 6) is 1.59. The second kappa shape index (κ2) is 6.98. The van der Waals surface area contributed by atoms with Crippen LogP contribution in [-0.2, 0) is 14.8 Å². The Bertz CT molecular complexity index is 956. The summed E-state index contributed by atoms with van der Waals surface area (Å²) >= 11 is 0. The minimum atomic E-state index is -3.59. The van der Waals surface area contributed by atoms with E-state index in [9.17, 15) is 13.2 Å². The molecule has 0 bridgehead atoms. The second-order valence-electron chi connectivity index (χ2n) is 7.13. The van der Waals surface area contributed by atoms with Crippen LogP contribution in [0.4, 0.5) is 0 Å². The van der Waals surface area contributed by atoms with Gasteiger partial charge in [0.05, 0.1) is 4.90 Å². The number of fused-ring (bicyclic) bond motifs is 1. The van der Waals surface area contributed by atoms with E-state index in [1.807, 2.05) is 31.2 Å². The van der Waals surface area contributed by atoms with Crippen LogP contribution in [0.3, 0.4) is 0 Å². The lowest BCUT2D eigenvalue weighted by Crippen LogP contribution is -2.48. The fraction of sp³-hybridized carbons (Fsp3) is 0.350. The van der Waals surface area contributed by atoms with Crippen LogP contribution in [0.15, 0.2) is 53.4 Å². The SMILES string of the molecule is Cc1ccccc1Oc1ccc(S(=O)(=O)N2CC[C@@H]3CC(=O)N[C@@H]3C2)cc1. The van der Waals surface area contributed by atoms with E-state index in [4.69, 9.17) is 4.74 Å². The number of benzene rings is 2. The van der Waals surface area contributed by atoms with Crippen molar-refractivity contribution >= 4 is 15.9 Å². The molecular weight excluding hydrogens is 364 g/mol. The summed E-state index contributed by atoms with van der Waals surface area (Å²) < 4.78 is 33.2. The molecule has 2 fully saturated rings. The summed E-state index contributed by atoms with van der Waals surface area (Å²) in [6.45, 7) is 2.74. The Morgan fingerprint density at radius 1 is 1.11 bits per heavy atom. The Hall–Kier alpha value is -2.38. The number of sulfonamides is 1. The fourth-order valence-electron chi connectivity index (χ4n) is 3.73. The summed E-state index contributed by atoms with van der Waals surface area (Å²) in [6.07, 6.45) is 1.21. The van der Waals surface area contributed by atoms with Gasteiger partial charge in [-0.3, -0.25) is 4.79 Å². The number of amides is 1. The van der Waals surface area contributed by atoms with Crippen molar-refractivity contribution in [2.45, 2.75) is 30.7 Å². The van der Waals surface area contributed by atoms with E-state index in [0.29, 0.717) is 31.7 Å². The highest BCUT2D eigenvalue weighted by atomic mass is 32.2. The molecule has 2 aromatic carbocycles. The first-order chi connectivity index (χ1) is 12.9. The first-order valence-corrected chi connectivity index (χ1v) is 10.5. The zero-order chi connectivity index (χ0) is 19.0. The van der Waals surface area contributed by atoms with Gasteiger partial charge in [-0.1, -0.05) is 18.2 Å². The van der Waals surface area contributed by atoms with Crippen molar-refractivity contribution < 1.29 is 17.9 Å². The molecule has 2 saturated heterocycles. The highest BCUT2D eigenvalue weighted by Gasteiger charge is 2.40. The van der Waals surface area contributed by atoms with Crippen LogP contribution in [0, 0.1) is 12.8 Å². The largest absolute Gasteiger partial charge is 0.457 e. The number of hydrogen-bond donors (Lipinski definition) is 1. The molecule has 0 aliphatic carbocycles. The van der Waals surface area contributed by atoms with Crippen LogP contribution in [0.5, 0.6) is 11.5 Å². The molecule has 142 valence electrons. The van der Waals surface area contributed by atoms with Gasteiger partial charge in [0.2, 0.25) is 15.9 Å². The van der Waals surface area contributed by atoms with Gasteiger partial charge in [-0.05, 0) is 55.2 Å². The highest BCUT2D eigenvalue weighted by Crippen LogP contribution is 2.30. The van der Waals surface area contributed by atoms with Crippen molar-refractivity contribution in [3.05, 3.63) is 54.1 Å². The van der Waals surface area contributed by atoms with E-state index in [1.165, 1.54) is 4.31 Å². The van der Waals surface area contributed by atoms with Gasteiger partial charge in [0.15, 0.2) is 0 Å². The Morgan fingerprint density at radius 2 is 1.85 bits per heavy atom. The normalized spacial score (nSPS) is 22.9. The molecule has 2 heterocycles. The summed E-state index contributed by atoms with van der Waals surface area (Å²) in [5.41, 5.74) is 1.01. The molecule has 0 spiro atoms. The molecule has 1 amide bonds. The topological polar surface area (TPSA) is 75.7 Å². The molecule has 7 heteroatoms. The molecule has 0 aromatic heterocycles. The van der Waals surface area contributed by atoms with Crippen molar-refractivity contribution in [2.24, 2.45) is 5.92 Å². The van der Waals surface area contributed by atoms with E-state index in [1.54, 1.807) is 24.3 Å². The first kappa shape index (κ1) is 18.0. The minimum absolute atomic E-state index is 0.0157. The molecule has 2 aliphatic rings. The number of ether oxygens (including phenoxy) is 1. The van der Waals surface area contributed by atoms with Gasteiger partial charge in [-0.25, -0.2) is 8.42 Å². The van der Waals surface area contributed by atoms with Crippen LogP contribution in [0.1, 0.15) is 18.4 Å². The van der Waals surface area contributed by atoms with Crippen molar-refractivity contribution in [3.8, 4) is 11.5 Å². The second-order valence-corrected chi connectivity index (χ2v) is 9.07. The van der Waals surface area contributed by atoms with Crippen molar-refractivity contribution in [1.29, 1.82) is 0 Å². The van der Waals surface area contributed by atoms with Gasteiger partial charge in [0, 0.05) is 25.6 Å². The van der Waals surface area contributed by atoms with E-state index < -0.39 is 10.0 Å². The molecule has 2 aromatic rings. The van der Waals surface area contributed by atoms with E-state index in [2.05, 4.69) is 5.32 Å². The molecular formula is C20H22N2O4S. The zero-order valence-corrected chi connectivity index (χ0v) is 15.9. The predicted octanol–water partition coefficient (Wildman–Crippen LogP) is 2.69. The maximum Gasteiger partial charge on any atom is 0.243 e. The van der Waals surface area contributed by atoms with Crippen LogP contribution in [0.2, 0.25) is 0 Å². The van der Waals surface area contributed by atoms with E-state index >= 15 is 0 Å². The third-order valence-corrected chi connectivity index (χ3v) is 7.17. The fourth-order valence-corrected chi connectivity index (χ4v) is 5.21. The summed E-state index contributed by atoms with van der Waals surface area (Å²) in [7, 11) is -3.59. The number of carbonyl (C=O) groups excluding carboxylic acids is 1. The van der Waals surface area contributed by atoms with Crippen LogP contribution in [-0.4, -0.2) is 37.8 Å². The number of rotatable bonds is 4. The number of para-hydroxylation sites is 1. The van der Waals surface area contributed by atoms with Gasteiger partial charge < -0.3 is 10.1 Å². The molecule has 4 rings (SSSR count). The van der Waals surface area contributed by atoms with E-state index in [0.717, 1.165) is 11.3 Å². The maximum absolute atomic E-state index is 13.0. The molecule has 1 N–H and O–H groups in total. The number of nitrogens with zero attached hydrogens (tertiary/aromatic N) is 1. The average Bonchev–Trinajstić information content (AvgIpc) is 3.03. The summed E-state index contributed by atoms with van der Waals surface area (Å²) in [5, 5.41) is 2.89. The van der Waals surface area contributed by atoms with Crippen LogP contribution < -0.4 is 10.1 Å². The zero-order valence-electron chi connectivity index (χ0n) is 15.1. The Morgan fingerprint density at radius 3 is 2.59 bits per heavy atom. The predicted molar refractivity (Wildman–Crippen MR) is 101 cm³/mol. The smallest absolute Gasteiger partial charge is 0.243 e.